The molecule has 0 spiro atoms. The summed E-state index contributed by atoms with van der Waals surface area (Å²) in [7, 11) is 5.20. The van der Waals surface area contributed by atoms with Crippen molar-refractivity contribution < 1.29 is 27.5 Å². The Kier molecular flexibility index (Phi) is 7.87. The Morgan fingerprint density at radius 2 is 1.81 bits per heavy atom. The van der Waals surface area contributed by atoms with Gasteiger partial charge in [-0.05, 0) is 50.0 Å². The van der Waals surface area contributed by atoms with E-state index in [1.807, 2.05) is 37.2 Å². The number of carbonyl (C=O) groups excluding carboxylic acids is 2. The molecule has 0 aliphatic carbocycles. The maximum absolute atomic E-state index is 13.4. The van der Waals surface area contributed by atoms with Crippen molar-refractivity contribution >= 4 is 23.3 Å². The monoisotopic (exact) mass is 438 g/mol. The first kappa shape index (κ1) is 24.0. The molecule has 1 unspecified atom stereocenters. The summed E-state index contributed by atoms with van der Waals surface area (Å²) in [6, 6.07) is 9.44. The summed E-state index contributed by atoms with van der Waals surface area (Å²) in [5.41, 5.74) is -0.621. The molecule has 0 aromatic heterocycles. The number of ether oxygens (including phenoxy) is 1. The van der Waals surface area contributed by atoms with Gasteiger partial charge in [-0.3, -0.25) is 4.79 Å². The quantitative estimate of drug-likeness (QED) is 0.608. The van der Waals surface area contributed by atoms with E-state index in [-0.39, 0.29) is 18.3 Å². The van der Waals surface area contributed by atoms with Crippen LogP contribution in [-0.2, 0) is 11.0 Å². The summed E-state index contributed by atoms with van der Waals surface area (Å²) >= 11 is 0. The number of benzene rings is 2. The van der Waals surface area contributed by atoms with Gasteiger partial charge in [0, 0.05) is 19.2 Å². The first-order valence-electron chi connectivity index (χ1n) is 9.35. The molecule has 31 heavy (non-hydrogen) atoms. The van der Waals surface area contributed by atoms with Gasteiger partial charge < -0.3 is 25.6 Å². The number of hydrogen-bond donors (Lipinski definition) is 3. The van der Waals surface area contributed by atoms with E-state index < -0.39 is 29.4 Å². The lowest BCUT2D eigenvalue weighted by atomic mass is 10.1. The SMILES string of the molecule is COc1cccc(C(CNC(=O)Nc2ccc(NC(C)=O)cc2C(F)(F)F)N(C)C)c1. The molecule has 0 fully saturated rings. The Hall–Kier alpha value is -3.27. The molecule has 0 radical (unpaired) electrons. The summed E-state index contributed by atoms with van der Waals surface area (Å²) in [4.78, 5) is 25.3. The number of halogens is 3. The van der Waals surface area contributed by atoms with Crippen LogP contribution in [0.4, 0.5) is 29.3 Å². The molecule has 0 aliphatic heterocycles. The predicted molar refractivity (Wildman–Crippen MR) is 112 cm³/mol. The molecule has 2 rings (SSSR count). The summed E-state index contributed by atoms with van der Waals surface area (Å²) in [5, 5.41) is 7.14. The summed E-state index contributed by atoms with van der Waals surface area (Å²) in [5.74, 6) is 0.154. The van der Waals surface area contributed by atoms with E-state index in [1.54, 1.807) is 13.2 Å². The minimum absolute atomic E-state index is 0.0171. The van der Waals surface area contributed by atoms with E-state index in [0.29, 0.717) is 5.75 Å². The van der Waals surface area contributed by atoms with Crippen molar-refractivity contribution in [2.45, 2.75) is 19.1 Å². The molecule has 1 atom stereocenters. The Morgan fingerprint density at radius 1 is 1.10 bits per heavy atom. The second kappa shape index (κ2) is 10.2. The minimum atomic E-state index is -4.72. The fourth-order valence-electron chi connectivity index (χ4n) is 2.97. The van der Waals surface area contributed by atoms with Crippen LogP contribution in [0.1, 0.15) is 24.1 Å². The molecule has 7 nitrogen and oxygen atoms in total. The van der Waals surface area contributed by atoms with Crippen LogP contribution in [0.15, 0.2) is 42.5 Å². The first-order chi connectivity index (χ1) is 14.5. The van der Waals surface area contributed by atoms with Crippen molar-refractivity contribution in [2.24, 2.45) is 0 Å². The number of likely N-dealkylation sites (N-methyl/N-ethyl adjacent to an activating group) is 1. The maximum Gasteiger partial charge on any atom is 0.418 e. The van der Waals surface area contributed by atoms with Gasteiger partial charge in [0.15, 0.2) is 0 Å². The highest BCUT2D eigenvalue weighted by Gasteiger charge is 2.34. The average molecular weight is 438 g/mol. The fourth-order valence-corrected chi connectivity index (χ4v) is 2.97. The van der Waals surface area contributed by atoms with Gasteiger partial charge in [-0.25, -0.2) is 4.79 Å². The smallest absolute Gasteiger partial charge is 0.418 e. The van der Waals surface area contributed by atoms with E-state index in [2.05, 4.69) is 16.0 Å². The van der Waals surface area contributed by atoms with Crippen LogP contribution in [0.2, 0.25) is 0 Å². The average Bonchev–Trinajstić information content (AvgIpc) is 2.68. The Bertz CT molecular complexity index is 932. The number of anilines is 2. The topological polar surface area (TPSA) is 82.7 Å². The zero-order chi connectivity index (χ0) is 23.2. The number of methoxy groups -OCH3 is 1. The second-order valence-electron chi connectivity index (χ2n) is 7.03. The lowest BCUT2D eigenvalue weighted by Gasteiger charge is -2.25. The molecule has 0 aliphatic rings. The van der Waals surface area contributed by atoms with E-state index in [9.17, 15) is 22.8 Å². The number of nitrogens with one attached hydrogen (secondary N) is 3. The molecular formula is C21H25F3N4O3. The maximum atomic E-state index is 13.4. The number of rotatable bonds is 7. The van der Waals surface area contributed by atoms with Crippen molar-refractivity contribution in [1.82, 2.24) is 10.2 Å². The largest absolute Gasteiger partial charge is 0.497 e. The molecule has 0 bridgehead atoms. The number of alkyl halides is 3. The van der Waals surface area contributed by atoms with Crippen molar-refractivity contribution in [3.05, 3.63) is 53.6 Å². The molecule has 3 N–H and O–H groups in total. The van der Waals surface area contributed by atoms with Gasteiger partial charge in [-0.2, -0.15) is 13.2 Å². The molecule has 10 heteroatoms. The third-order valence-corrected chi connectivity index (χ3v) is 4.45. The lowest BCUT2D eigenvalue weighted by Crippen LogP contribution is -2.37. The fraction of sp³-hybridized carbons (Fsp3) is 0.333. The normalized spacial score (nSPS) is 12.3. The van der Waals surface area contributed by atoms with Crippen molar-refractivity contribution in [2.75, 3.05) is 38.4 Å². The van der Waals surface area contributed by atoms with Gasteiger partial charge in [0.1, 0.15) is 5.75 Å². The van der Waals surface area contributed by atoms with Crippen LogP contribution in [0.3, 0.4) is 0 Å². The highest BCUT2D eigenvalue weighted by molar-refractivity contribution is 5.92. The van der Waals surface area contributed by atoms with Gasteiger partial charge in [0.25, 0.3) is 0 Å². The predicted octanol–water partition coefficient (Wildman–Crippen LogP) is 4.10. The third kappa shape index (κ3) is 6.88. The number of carbonyl (C=O) groups is 2. The van der Waals surface area contributed by atoms with Crippen molar-refractivity contribution in [3.8, 4) is 5.75 Å². The van der Waals surface area contributed by atoms with Gasteiger partial charge in [0.2, 0.25) is 5.91 Å². The van der Waals surface area contributed by atoms with Gasteiger partial charge in [0.05, 0.1) is 24.4 Å². The molecular weight excluding hydrogens is 413 g/mol. The van der Waals surface area contributed by atoms with Gasteiger partial charge >= 0.3 is 12.2 Å². The molecule has 2 aromatic carbocycles. The Labute approximate surface area is 178 Å². The zero-order valence-electron chi connectivity index (χ0n) is 17.6. The first-order valence-corrected chi connectivity index (χ1v) is 9.35. The molecule has 2 aromatic rings. The summed E-state index contributed by atoms with van der Waals surface area (Å²) in [6.45, 7) is 1.34. The zero-order valence-corrected chi connectivity index (χ0v) is 17.6. The molecule has 168 valence electrons. The number of hydrogen-bond acceptors (Lipinski definition) is 4. The van der Waals surface area contributed by atoms with Crippen molar-refractivity contribution in [1.29, 1.82) is 0 Å². The van der Waals surface area contributed by atoms with Crippen LogP contribution in [0.25, 0.3) is 0 Å². The third-order valence-electron chi connectivity index (χ3n) is 4.45. The second-order valence-corrected chi connectivity index (χ2v) is 7.03. The number of urea groups is 1. The van der Waals surface area contributed by atoms with Gasteiger partial charge in [-0.1, -0.05) is 12.1 Å². The van der Waals surface area contributed by atoms with Crippen LogP contribution in [0, 0.1) is 0 Å². The molecule has 0 heterocycles. The summed E-state index contributed by atoms with van der Waals surface area (Å²) < 4.78 is 45.5. The van der Waals surface area contributed by atoms with E-state index in [0.717, 1.165) is 17.7 Å². The lowest BCUT2D eigenvalue weighted by molar-refractivity contribution is -0.137. The van der Waals surface area contributed by atoms with Gasteiger partial charge in [-0.15, -0.1) is 0 Å². The summed E-state index contributed by atoms with van der Waals surface area (Å²) in [6.07, 6.45) is -4.72. The van der Waals surface area contributed by atoms with Crippen LogP contribution >= 0.6 is 0 Å². The Morgan fingerprint density at radius 3 is 2.39 bits per heavy atom. The van der Waals surface area contributed by atoms with Crippen LogP contribution in [-0.4, -0.2) is 44.6 Å². The Balaban J connectivity index is 2.14. The number of nitrogens with zero attached hydrogens (tertiary/aromatic N) is 1. The minimum Gasteiger partial charge on any atom is -0.497 e. The van der Waals surface area contributed by atoms with Crippen LogP contribution < -0.4 is 20.7 Å². The van der Waals surface area contributed by atoms with Crippen molar-refractivity contribution in [3.63, 3.8) is 0 Å². The highest BCUT2D eigenvalue weighted by atomic mass is 19.4. The standard InChI is InChI=1S/C21H25F3N4O3/c1-13(29)26-15-8-9-18(17(11-15)21(22,23)24)27-20(30)25-12-19(28(2)3)14-6-5-7-16(10-14)31-4/h5-11,19H,12H2,1-4H3,(H,26,29)(H2,25,27,30). The van der Waals surface area contributed by atoms with Crippen LogP contribution in [0.5, 0.6) is 5.75 Å². The molecule has 0 saturated carbocycles. The highest BCUT2D eigenvalue weighted by Crippen LogP contribution is 2.36. The number of amides is 3. The molecule has 3 amide bonds. The van der Waals surface area contributed by atoms with E-state index >= 15 is 0 Å². The molecule has 0 saturated heterocycles. The van der Waals surface area contributed by atoms with E-state index in [1.165, 1.54) is 13.0 Å². The van der Waals surface area contributed by atoms with E-state index in [4.69, 9.17) is 4.74 Å².